The van der Waals surface area contributed by atoms with Crippen LogP contribution in [0.2, 0.25) is 0 Å². The molecule has 4 heteroatoms. The van der Waals surface area contributed by atoms with E-state index in [9.17, 15) is 4.79 Å². The minimum atomic E-state index is -0.454. The summed E-state index contributed by atoms with van der Waals surface area (Å²) < 4.78 is 11.0. The number of rotatable bonds is 1. The van der Waals surface area contributed by atoms with E-state index in [4.69, 9.17) is 9.47 Å². The van der Waals surface area contributed by atoms with Crippen LogP contribution in [-0.4, -0.2) is 42.3 Å². The molecule has 0 saturated carbocycles. The summed E-state index contributed by atoms with van der Waals surface area (Å²) in [4.78, 5) is 14.7. The second-order valence-corrected chi connectivity index (χ2v) is 6.56. The summed E-state index contributed by atoms with van der Waals surface area (Å²) in [6.45, 7) is 8.50. The van der Waals surface area contributed by atoms with Gasteiger partial charge in [-0.25, -0.2) is 0 Å². The minimum Gasteiger partial charge on any atom is -0.376 e. The van der Waals surface area contributed by atoms with Crippen molar-refractivity contribution in [2.45, 2.75) is 45.4 Å². The fourth-order valence-electron chi connectivity index (χ4n) is 3.26. The van der Waals surface area contributed by atoms with Crippen molar-refractivity contribution in [2.75, 3.05) is 19.8 Å². The lowest BCUT2D eigenvalue weighted by Gasteiger charge is -2.45. The molecule has 0 unspecified atom stereocenters. The van der Waals surface area contributed by atoms with E-state index in [0.717, 1.165) is 6.42 Å². The highest BCUT2D eigenvalue weighted by atomic mass is 16.6. The largest absolute Gasteiger partial charge is 0.376 e. The van der Waals surface area contributed by atoms with Crippen molar-refractivity contribution in [3.8, 4) is 0 Å². The third-order valence-electron chi connectivity index (χ3n) is 4.53. The third kappa shape index (κ3) is 2.70. The molecule has 3 rings (SSSR count). The topological polar surface area (TPSA) is 38.8 Å². The summed E-state index contributed by atoms with van der Waals surface area (Å²) in [5.74, 6) is 0.0480. The van der Waals surface area contributed by atoms with Gasteiger partial charge in [0.1, 0.15) is 0 Å². The molecule has 1 fully saturated rings. The van der Waals surface area contributed by atoms with E-state index in [1.54, 1.807) is 0 Å². The van der Waals surface area contributed by atoms with E-state index in [0.29, 0.717) is 26.4 Å². The zero-order valence-corrected chi connectivity index (χ0v) is 13.0. The smallest absolute Gasteiger partial charge is 0.254 e. The Morgan fingerprint density at radius 1 is 1.33 bits per heavy atom. The SMILES string of the molecule is Cc1cccc2c1CC(C)(C)N(C(=O)[C@H]1COCCO1)C2. The Morgan fingerprint density at radius 3 is 2.86 bits per heavy atom. The fraction of sp³-hybridized carbons (Fsp3) is 0.588. The molecule has 4 nitrogen and oxygen atoms in total. The predicted molar refractivity (Wildman–Crippen MR) is 80.1 cm³/mol. The summed E-state index contributed by atoms with van der Waals surface area (Å²) >= 11 is 0. The highest BCUT2D eigenvalue weighted by Gasteiger charge is 2.39. The van der Waals surface area contributed by atoms with Crippen molar-refractivity contribution in [3.05, 3.63) is 34.9 Å². The highest BCUT2D eigenvalue weighted by Crippen LogP contribution is 2.33. The number of hydrogen-bond acceptors (Lipinski definition) is 3. The monoisotopic (exact) mass is 289 g/mol. The first-order chi connectivity index (χ1) is 9.99. The lowest BCUT2D eigenvalue weighted by molar-refractivity contribution is -0.164. The molecule has 0 aromatic heterocycles. The van der Waals surface area contributed by atoms with Crippen LogP contribution in [0, 0.1) is 6.92 Å². The van der Waals surface area contributed by atoms with Gasteiger partial charge in [0.2, 0.25) is 0 Å². The molecule has 2 aliphatic rings. The van der Waals surface area contributed by atoms with E-state index in [1.165, 1.54) is 16.7 Å². The van der Waals surface area contributed by atoms with E-state index < -0.39 is 6.10 Å². The first-order valence-corrected chi connectivity index (χ1v) is 7.57. The number of ether oxygens (including phenoxy) is 2. The summed E-state index contributed by atoms with van der Waals surface area (Å²) in [7, 11) is 0. The number of amides is 1. The Balaban J connectivity index is 1.87. The number of carbonyl (C=O) groups is 1. The Kier molecular flexibility index (Phi) is 3.76. The Bertz CT molecular complexity index is 547. The molecule has 21 heavy (non-hydrogen) atoms. The molecular weight excluding hydrogens is 266 g/mol. The molecule has 1 aromatic rings. The lowest BCUT2D eigenvalue weighted by Crippen LogP contribution is -2.56. The van der Waals surface area contributed by atoms with Crippen LogP contribution >= 0.6 is 0 Å². The molecule has 1 amide bonds. The van der Waals surface area contributed by atoms with Crippen LogP contribution in [0.5, 0.6) is 0 Å². The molecular formula is C17H23NO3. The third-order valence-corrected chi connectivity index (χ3v) is 4.53. The fourth-order valence-corrected chi connectivity index (χ4v) is 3.26. The van der Waals surface area contributed by atoms with Gasteiger partial charge in [0, 0.05) is 12.1 Å². The predicted octanol–water partition coefficient (Wildman–Crippen LogP) is 2.07. The lowest BCUT2D eigenvalue weighted by atomic mass is 9.83. The number of nitrogens with zero attached hydrogens (tertiary/aromatic N) is 1. The number of hydrogen-bond donors (Lipinski definition) is 0. The molecule has 0 radical (unpaired) electrons. The van der Waals surface area contributed by atoms with Crippen molar-refractivity contribution in [2.24, 2.45) is 0 Å². The van der Waals surface area contributed by atoms with Crippen LogP contribution in [0.4, 0.5) is 0 Å². The van der Waals surface area contributed by atoms with Gasteiger partial charge in [0.25, 0.3) is 5.91 Å². The molecule has 1 atom stereocenters. The molecule has 0 spiro atoms. The van der Waals surface area contributed by atoms with Gasteiger partial charge in [-0.2, -0.15) is 0 Å². The van der Waals surface area contributed by atoms with Crippen LogP contribution in [0.15, 0.2) is 18.2 Å². The quantitative estimate of drug-likeness (QED) is 0.794. The molecule has 114 valence electrons. The van der Waals surface area contributed by atoms with Crippen molar-refractivity contribution in [3.63, 3.8) is 0 Å². The van der Waals surface area contributed by atoms with Gasteiger partial charge < -0.3 is 14.4 Å². The van der Waals surface area contributed by atoms with Crippen LogP contribution in [0.1, 0.15) is 30.5 Å². The number of fused-ring (bicyclic) bond motifs is 1. The Morgan fingerprint density at radius 2 is 2.14 bits per heavy atom. The summed E-state index contributed by atoms with van der Waals surface area (Å²) in [5, 5.41) is 0. The number of carbonyl (C=O) groups excluding carboxylic acids is 1. The molecule has 1 saturated heterocycles. The van der Waals surface area contributed by atoms with Gasteiger partial charge in [-0.15, -0.1) is 0 Å². The van der Waals surface area contributed by atoms with Crippen molar-refractivity contribution in [1.82, 2.24) is 4.90 Å². The standard InChI is InChI=1S/C17H23NO3/c1-12-5-4-6-13-10-18(17(2,3)9-14(12)13)16(19)15-11-20-7-8-21-15/h4-6,15H,7-11H2,1-3H3/t15-/m1/s1. The Labute approximate surface area is 126 Å². The second kappa shape index (κ2) is 5.43. The minimum absolute atomic E-state index is 0.0480. The molecule has 0 bridgehead atoms. The van der Waals surface area contributed by atoms with E-state index >= 15 is 0 Å². The zero-order valence-electron chi connectivity index (χ0n) is 13.0. The Hall–Kier alpha value is -1.39. The average Bonchev–Trinajstić information content (AvgIpc) is 2.47. The first kappa shape index (κ1) is 14.5. The summed E-state index contributed by atoms with van der Waals surface area (Å²) in [6.07, 6.45) is 0.429. The second-order valence-electron chi connectivity index (χ2n) is 6.56. The molecule has 0 aliphatic carbocycles. The van der Waals surface area contributed by atoms with Gasteiger partial charge in [-0.3, -0.25) is 4.79 Å². The van der Waals surface area contributed by atoms with Crippen LogP contribution in [0.25, 0.3) is 0 Å². The van der Waals surface area contributed by atoms with Gasteiger partial charge in [-0.1, -0.05) is 18.2 Å². The van der Waals surface area contributed by atoms with Crippen LogP contribution in [-0.2, 0) is 27.2 Å². The molecule has 2 heterocycles. The summed E-state index contributed by atoms with van der Waals surface area (Å²) in [5.41, 5.74) is 3.74. The number of benzene rings is 1. The maximum Gasteiger partial charge on any atom is 0.254 e. The first-order valence-electron chi connectivity index (χ1n) is 7.57. The molecule has 0 N–H and O–H groups in total. The van der Waals surface area contributed by atoms with Gasteiger partial charge in [0.05, 0.1) is 19.8 Å². The highest BCUT2D eigenvalue weighted by molar-refractivity contribution is 5.82. The van der Waals surface area contributed by atoms with Crippen molar-refractivity contribution in [1.29, 1.82) is 0 Å². The van der Waals surface area contributed by atoms with Gasteiger partial charge >= 0.3 is 0 Å². The van der Waals surface area contributed by atoms with E-state index in [2.05, 4.69) is 39.0 Å². The van der Waals surface area contributed by atoms with Crippen molar-refractivity contribution >= 4 is 5.91 Å². The summed E-state index contributed by atoms with van der Waals surface area (Å²) in [6, 6.07) is 6.33. The van der Waals surface area contributed by atoms with Crippen LogP contribution in [0.3, 0.4) is 0 Å². The normalized spacial score (nSPS) is 24.5. The zero-order chi connectivity index (χ0) is 15.0. The van der Waals surface area contributed by atoms with Gasteiger partial charge in [-0.05, 0) is 43.9 Å². The van der Waals surface area contributed by atoms with E-state index in [-0.39, 0.29) is 11.4 Å². The van der Waals surface area contributed by atoms with Gasteiger partial charge in [0.15, 0.2) is 6.10 Å². The molecule has 1 aromatic carbocycles. The maximum absolute atomic E-state index is 12.8. The average molecular weight is 289 g/mol. The van der Waals surface area contributed by atoms with E-state index in [1.807, 2.05) is 4.90 Å². The van der Waals surface area contributed by atoms with Crippen LogP contribution < -0.4 is 0 Å². The van der Waals surface area contributed by atoms with Crippen molar-refractivity contribution < 1.29 is 14.3 Å². The number of aryl methyl sites for hydroxylation is 1. The molecule has 2 aliphatic heterocycles. The maximum atomic E-state index is 12.8.